The van der Waals surface area contributed by atoms with Gasteiger partial charge in [0, 0.05) is 18.9 Å². The van der Waals surface area contributed by atoms with E-state index in [4.69, 9.17) is 10.00 Å². The molecule has 2 N–H and O–H groups in total. The van der Waals surface area contributed by atoms with E-state index in [-0.39, 0.29) is 22.9 Å². The van der Waals surface area contributed by atoms with Crippen LogP contribution >= 0.6 is 0 Å². The van der Waals surface area contributed by atoms with Crippen LogP contribution in [0.5, 0.6) is 5.75 Å². The zero-order chi connectivity index (χ0) is 20.5. The Labute approximate surface area is 163 Å². The summed E-state index contributed by atoms with van der Waals surface area (Å²) in [7, 11) is -2.27. The minimum atomic E-state index is -3.84. The zero-order valence-electron chi connectivity index (χ0n) is 15.5. The lowest BCUT2D eigenvalue weighted by atomic mass is 10.1. The Bertz CT molecular complexity index is 1100. The first-order valence-corrected chi connectivity index (χ1v) is 10.0. The van der Waals surface area contributed by atoms with Gasteiger partial charge in [0.05, 0.1) is 17.7 Å². The van der Waals surface area contributed by atoms with E-state index in [1.807, 2.05) is 0 Å². The van der Waals surface area contributed by atoms with Crippen LogP contribution in [0.25, 0.3) is 0 Å². The molecule has 1 aromatic carbocycles. The minimum Gasteiger partial charge on any atom is -0.488 e. The Balaban J connectivity index is 1.96. The maximum atomic E-state index is 12.9. The fraction of sp³-hybridized carbons (Fsp3) is 0.263. The fourth-order valence-corrected chi connectivity index (χ4v) is 4.43. The van der Waals surface area contributed by atoms with E-state index < -0.39 is 22.0 Å². The molecule has 0 aliphatic carbocycles. The number of hydrogen-bond acceptors (Lipinski definition) is 5. The third kappa shape index (κ3) is 3.65. The van der Waals surface area contributed by atoms with Gasteiger partial charge in [0.25, 0.3) is 5.91 Å². The van der Waals surface area contributed by atoms with Gasteiger partial charge in [0.1, 0.15) is 11.5 Å². The van der Waals surface area contributed by atoms with Gasteiger partial charge in [0.2, 0.25) is 10.0 Å². The predicted molar refractivity (Wildman–Crippen MR) is 104 cm³/mol. The molecule has 0 spiro atoms. The van der Waals surface area contributed by atoms with Crippen molar-refractivity contribution in [3.8, 4) is 11.8 Å². The van der Waals surface area contributed by atoms with Gasteiger partial charge in [-0.05, 0) is 31.0 Å². The molecular formula is C19H20N4O4S. The number of sulfonamides is 1. The fourth-order valence-electron chi connectivity index (χ4n) is 3.00. The van der Waals surface area contributed by atoms with Crippen LogP contribution in [-0.4, -0.2) is 31.5 Å². The highest BCUT2D eigenvalue weighted by atomic mass is 32.2. The van der Waals surface area contributed by atoms with E-state index in [0.29, 0.717) is 17.7 Å². The second-order valence-electron chi connectivity index (χ2n) is 6.53. The Morgan fingerprint density at radius 3 is 2.96 bits per heavy atom. The van der Waals surface area contributed by atoms with Crippen molar-refractivity contribution >= 4 is 21.6 Å². The number of anilines is 1. The first-order valence-electron chi connectivity index (χ1n) is 8.54. The van der Waals surface area contributed by atoms with Crippen LogP contribution in [0.2, 0.25) is 0 Å². The number of rotatable bonds is 4. The molecule has 0 saturated carbocycles. The molecule has 1 aromatic heterocycles. The molecule has 8 nitrogen and oxygen atoms in total. The van der Waals surface area contributed by atoms with Crippen LogP contribution in [-0.2, 0) is 17.1 Å². The molecule has 1 aliphatic heterocycles. The first kappa shape index (κ1) is 19.7. The third-order valence-electron chi connectivity index (χ3n) is 4.42. The number of aryl methyl sites for hydroxylation is 2. The summed E-state index contributed by atoms with van der Waals surface area (Å²) in [4.78, 5) is 12.8. The molecule has 2 aromatic rings. The lowest BCUT2D eigenvalue weighted by molar-refractivity contribution is 0.101. The monoisotopic (exact) mass is 400 g/mol. The van der Waals surface area contributed by atoms with Gasteiger partial charge >= 0.3 is 0 Å². The summed E-state index contributed by atoms with van der Waals surface area (Å²) >= 11 is 0. The molecule has 2 heterocycles. The largest absolute Gasteiger partial charge is 0.488 e. The number of nitrogens with one attached hydrogen (secondary N) is 2. The van der Waals surface area contributed by atoms with Gasteiger partial charge < -0.3 is 14.6 Å². The molecule has 0 fully saturated rings. The van der Waals surface area contributed by atoms with Crippen molar-refractivity contribution in [3.05, 3.63) is 53.9 Å². The van der Waals surface area contributed by atoms with Gasteiger partial charge in [-0.25, -0.2) is 13.1 Å². The molecule has 0 saturated heterocycles. The number of ether oxygens (including phenoxy) is 1. The number of carbonyl (C=O) groups excluding carboxylic acids is 1. The SMILES string of the molecule is C=CC[C@@H]1COc2c(cn(C)c2C(=O)Nc2ccc(C)c(C#N)c2)S(=O)(=O)N1. The molecule has 1 amide bonds. The highest BCUT2D eigenvalue weighted by Gasteiger charge is 2.34. The van der Waals surface area contributed by atoms with Crippen molar-refractivity contribution in [3.63, 3.8) is 0 Å². The average molecular weight is 400 g/mol. The van der Waals surface area contributed by atoms with Crippen molar-refractivity contribution in [2.75, 3.05) is 11.9 Å². The Morgan fingerprint density at radius 1 is 1.54 bits per heavy atom. The van der Waals surface area contributed by atoms with Crippen LogP contribution in [0.3, 0.4) is 0 Å². The summed E-state index contributed by atoms with van der Waals surface area (Å²) in [6.45, 7) is 5.49. The summed E-state index contributed by atoms with van der Waals surface area (Å²) in [6, 6.07) is 6.56. The lowest BCUT2D eigenvalue weighted by Crippen LogP contribution is -2.36. The minimum absolute atomic E-state index is 0.00619. The summed E-state index contributed by atoms with van der Waals surface area (Å²) in [5, 5.41) is 11.9. The molecule has 0 bridgehead atoms. The lowest BCUT2D eigenvalue weighted by Gasteiger charge is -2.13. The molecule has 1 aliphatic rings. The van der Waals surface area contributed by atoms with Crippen molar-refractivity contribution in [2.24, 2.45) is 7.05 Å². The van der Waals surface area contributed by atoms with Crippen LogP contribution in [0, 0.1) is 18.3 Å². The highest BCUT2D eigenvalue weighted by molar-refractivity contribution is 7.89. The summed E-state index contributed by atoms with van der Waals surface area (Å²) in [6.07, 6.45) is 3.35. The number of nitriles is 1. The second-order valence-corrected chi connectivity index (χ2v) is 8.21. The molecule has 3 rings (SSSR count). The number of aromatic nitrogens is 1. The standard InChI is InChI=1S/C19H20N4O4S/c1-4-5-15-11-27-18-16(28(25,26)22-15)10-23(3)17(18)19(24)21-14-7-6-12(2)13(8-14)9-20/h4,6-8,10,15,22H,1,5,11H2,2-3H3,(H,21,24)/t15-/m1/s1. The quantitative estimate of drug-likeness (QED) is 0.763. The highest BCUT2D eigenvalue weighted by Crippen LogP contribution is 2.33. The van der Waals surface area contributed by atoms with Gasteiger partial charge in [-0.3, -0.25) is 4.79 Å². The molecule has 28 heavy (non-hydrogen) atoms. The first-order chi connectivity index (χ1) is 13.3. The van der Waals surface area contributed by atoms with Crippen molar-refractivity contribution in [1.82, 2.24) is 9.29 Å². The average Bonchev–Trinajstić information content (AvgIpc) is 2.92. The molecule has 9 heteroatoms. The Morgan fingerprint density at radius 2 is 2.29 bits per heavy atom. The molecular weight excluding hydrogens is 380 g/mol. The van der Waals surface area contributed by atoms with E-state index >= 15 is 0 Å². The van der Waals surface area contributed by atoms with E-state index in [0.717, 1.165) is 5.56 Å². The van der Waals surface area contributed by atoms with Crippen LogP contribution in [0.15, 0.2) is 41.9 Å². The van der Waals surface area contributed by atoms with Crippen molar-refractivity contribution in [2.45, 2.75) is 24.3 Å². The van der Waals surface area contributed by atoms with E-state index in [1.54, 1.807) is 38.2 Å². The number of benzene rings is 1. The Kier molecular flexibility index (Phi) is 5.27. The third-order valence-corrected chi connectivity index (χ3v) is 5.94. The number of carbonyl (C=O) groups is 1. The van der Waals surface area contributed by atoms with Crippen molar-refractivity contribution < 1.29 is 17.9 Å². The number of hydrogen-bond donors (Lipinski definition) is 2. The van der Waals surface area contributed by atoms with Crippen LogP contribution < -0.4 is 14.8 Å². The van der Waals surface area contributed by atoms with E-state index in [2.05, 4.69) is 22.7 Å². The van der Waals surface area contributed by atoms with Crippen LogP contribution in [0.1, 0.15) is 28.0 Å². The normalized spacial score (nSPS) is 17.5. The smallest absolute Gasteiger partial charge is 0.276 e. The molecule has 146 valence electrons. The topological polar surface area (TPSA) is 113 Å². The van der Waals surface area contributed by atoms with Crippen molar-refractivity contribution in [1.29, 1.82) is 5.26 Å². The van der Waals surface area contributed by atoms with Gasteiger partial charge in [-0.2, -0.15) is 5.26 Å². The van der Waals surface area contributed by atoms with Gasteiger partial charge in [0.15, 0.2) is 11.4 Å². The van der Waals surface area contributed by atoms with E-state index in [1.165, 1.54) is 10.8 Å². The van der Waals surface area contributed by atoms with E-state index in [9.17, 15) is 13.2 Å². The van der Waals surface area contributed by atoms with Gasteiger partial charge in [-0.1, -0.05) is 12.1 Å². The maximum absolute atomic E-state index is 12.9. The number of amides is 1. The predicted octanol–water partition coefficient (Wildman–Crippen LogP) is 2.07. The Hall–Kier alpha value is -3.09. The zero-order valence-corrected chi connectivity index (χ0v) is 16.3. The molecule has 0 radical (unpaired) electrons. The molecule has 0 unspecified atom stereocenters. The number of nitrogens with zero attached hydrogens (tertiary/aromatic N) is 2. The summed E-state index contributed by atoms with van der Waals surface area (Å²) < 4.78 is 34.9. The second kappa shape index (κ2) is 7.50. The summed E-state index contributed by atoms with van der Waals surface area (Å²) in [5.74, 6) is -0.527. The summed E-state index contributed by atoms with van der Waals surface area (Å²) in [5.41, 5.74) is 1.75. The van der Waals surface area contributed by atoms with Crippen LogP contribution in [0.4, 0.5) is 5.69 Å². The molecule has 1 atom stereocenters. The van der Waals surface area contributed by atoms with Gasteiger partial charge in [-0.15, -0.1) is 6.58 Å². The number of fused-ring (bicyclic) bond motifs is 1. The maximum Gasteiger partial charge on any atom is 0.276 e.